The van der Waals surface area contributed by atoms with Gasteiger partial charge in [0.25, 0.3) is 5.01 Å². The summed E-state index contributed by atoms with van der Waals surface area (Å²) in [5.74, 6) is -1.81. The molecule has 1 aliphatic heterocycles. The van der Waals surface area contributed by atoms with Crippen molar-refractivity contribution < 1.29 is 31.8 Å². The third kappa shape index (κ3) is 5.88. The van der Waals surface area contributed by atoms with Crippen LogP contribution < -0.4 is 9.47 Å². The Morgan fingerprint density at radius 3 is 2.73 bits per heavy atom. The second-order valence-corrected chi connectivity index (χ2v) is 13.0. The second-order valence-electron chi connectivity index (χ2n) is 8.40. The minimum atomic E-state index is -4.31. The smallest absolute Gasteiger partial charge is 0.370 e. The first-order chi connectivity index (χ1) is 17.7. The summed E-state index contributed by atoms with van der Waals surface area (Å²) in [4.78, 5) is 15.6. The van der Waals surface area contributed by atoms with Gasteiger partial charge in [-0.2, -0.15) is 4.57 Å². The summed E-state index contributed by atoms with van der Waals surface area (Å²) >= 11 is 4.51. The van der Waals surface area contributed by atoms with Crippen molar-refractivity contribution in [2.24, 2.45) is 0 Å². The van der Waals surface area contributed by atoms with Crippen molar-refractivity contribution in [3.8, 4) is 10.4 Å². The Balaban J connectivity index is 1.54. The molecule has 12 heteroatoms. The van der Waals surface area contributed by atoms with Crippen molar-refractivity contribution in [2.75, 3.05) is 17.2 Å². The van der Waals surface area contributed by atoms with Crippen molar-refractivity contribution in [3.63, 3.8) is 0 Å². The van der Waals surface area contributed by atoms with Crippen molar-refractivity contribution >= 4 is 72.5 Å². The average Bonchev–Trinajstić information content (AvgIpc) is 3.55. The Labute approximate surface area is 225 Å². The normalized spacial score (nSPS) is 14.5. The monoisotopic (exact) mass is 576 g/mol. The Kier molecular flexibility index (Phi) is 7.37. The van der Waals surface area contributed by atoms with Gasteiger partial charge in [-0.25, -0.2) is 17.6 Å². The first-order valence-corrected chi connectivity index (χ1v) is 15.4. The lowest BCUT2D eigenvalue weighted by Gasteiger charge is -2.20. The number of anilines is 1. The summed E-state index contributed by atoms with van der Waals surface area (Å²) in [6.45, 7) is 0.164. The van der Waals surface area contributed by atoms with Crippen LogP contribution in [0.25, 0.3) is 26.7 Å². The highest BCUT2D eigenvalue weighted by molar-refractivity contribution is 8.03. The zero-order valence-corrected chi connectivity index (χ0v) is 22.6. The van der Waals surface area contributed by atoms with Gasteiger partial charge in [-0.05, 0) is 54.1 Å². The molecule has 2 aromatic heterocycles. The molecule has 0 saturated carbocycles. The second kappa shape index (κ2) is 10.5. The molecule has 5 rings (SSSR count). The molecule has 0 radical (unpaired) electrons. The molecule has 2 aromatic carbocycles. The van der Waals surface area contributed by atoms with Crippen molar-refractivity contribution in [1.82, 2.24) is 0 Å². The molecule has 0 bridgehead atoms. The number of thiophene rings is 1. The van der Waals surface area contributed by atoms with Gasteiger partial charge in [0.1, 0.15) is 10.5 Å². The fourth-order valence-electron chi connectivity index (χ4n) is 4.17. The number of aliphatic carboxylic acids is 1. The van der Waals surface area contributed by atoms with Crippen LogP contribution in [0.2, 0.25) is 0 Å². The molecule has 4 aromatic rings. The number of thioether (sulfide) groups is 1. The maximum Gasteiger partial charge on any atom is 0.370 e. The molecule has 0 unspecified atom stereocenters. The third-order valence-electron chi connectivity index (χ3n) is 5.79. The van der Waals surface area contributed by atoms with Crippen LogP contribution in [-0.2, 0) is 21.5 Å². The van der Waals surface area contributed by atoms with Gasteiger partial charge in [-0.15, -0.1) is 11.3 Å². The standard InChI is InChI=1S/C25H21FN2O5S4/c26-17-6-8-22-19(13-17)27(9-1-2-11-37(31,32)33)23(35-22)14-24-28(15-25(29)30)18-12-16(5-7-21(18)36-24)20-4-3-10-34-20/h3-8,10,12-14H,1-2,9,11,15H2,(H-,29,30,31,32,33). The Hall–Kier alpha value is -2.77. The van der Waals surface area contributed by atoms with Crippen LogP contribution in [0.4, 0.5) is 10.1 Å². The molecule has 1 aliphatic rings. The van der Waals surface area contributed by atoms with E-state index < -0.39 is 27.7 Å². The number of fused-ring (bicyclic) bond motifs is 2. The molecular weight excluding hydrogens is 556 g/mol. The number of carboxylic acid groups (broad SMARTS) is 1. The lowest BCUT2D eigenvalue weighted by Crippen LogP contribution is -2.39. The fourth-order valence-corrected chi connectivity index (χ4v) is 7.71. The summed E-state index contributed by atoms with van der Waals surface area (Å²) in [5.41, 5.74) is 2.47. The fraction of sp³-hybridized carbons (Fsp3) is 0.200. The number of thiazole rings is 1. The summed E-state index contributed by atoms with van der Waals surface area (Å²) < 4.78 is 49.8. The van der Waals surface area contributed by atoms with E-state index in [0.29, 0.717) is 18.7 Å². The van der Waals surface area contributed by atoms with E-state index in [9.17, 15) is 27.3 Å². The highest BCUT2D eigenvalue weighted by atomic mass is 32.2. The van der Waals surface area contributed by atoms with Gasteiger partial charge < -0.3 is 14.6 Å². The van der Waals surface area contributed by atoms with Crippen LogP contribution in [0.1, 0.15) is 17.8 Å². The van der Waals surface area contributed by atoms with Crippen LogP contribution >= 0.6 is 34.4 Å². The predicted octanol–water partition coefficient (Wildman–Crippen LogP) is 5.38. The molecule has 7 nitrogen and oxygen atoms in total. The molecule has 0 aliphatic carbocycles. The number of carbonyl (C=O) groups is 1. The Morgan fingerprint density at radius 1 is 1.16 bits per heavy atom. The number of hydrogen-bond acceptors (Lipinski definition) is 8. The maximum absolute atomic E-state index is 14.1. The number of aromatic nitrogens is 1. The number of rotatable bonds is 9. The summed E-state index contributed by atoms with van der Waals surface area (Å²) in [7, 11) is -4.31. The van der Waals surface area contributed by atoms with Crippen LogP contribution in [-0.4, -0.2) is 36.3 Å². The van der Waals surface area contributed by atoms with E-state index in [0.717, 1.165) is 35.6 Å². The summed E-state index contributed by atoms with van der Waals surface area (Å²) in [5, 5.41) is 13.1. The lowest BCUT2D eigenvalue weighted by atomic mass is 10.2. The van der Waals surface area contributed by atoms with Gasteiger partial charge in [-0.3, -0.25) is 0 Å². The van der Waals surface area contributed by atoms with Gasteiger partial charge in [0, 0.05) is 28.1 Å². The first-order valence-electron chi connectivity index (χ1n) is 11.3. The van der Waals surface area contributed by atoms with E-state index in [4.69, 9.17) is 0 Å². The number of nitrogens with zero attached hydrogens (tertiary/aromatic N) is 2. The van der Waals surface area contributed by atoms with Gasteiger partial charge in [0.05, 0.1) is 26.9 Å². The highest BCUT2D eigenvalue weighted by Crippen LogP contribution is 2.47. The van der Waals surface area contributed by atoms with E-state index >= 15 is 0 Å². The molecule has 192 valence electrons. The first kappa shape index (κ1) is 25.9. The topological polar surface area (TPSA) is 102 Å². The minimum Gasteiger partial charge on any atom is -0.748 e. The molecule has 0 atom stereocenters. The third-order valence-corrected chi connectivity index (χ3v) is 9.73. The van der Waals surface area contributed by atoms with Crippen LogP contribution in [0.5, 0.6) is 0 Å². The minimum absolute atomic E-state index is 0.193. The van der Waals surface area contributed by atoms with Crippen molar-refractivity contribution in [2.45, 2.75) is 24.3 Å². The van der Waals surface area contributed by atoms with Gasteiger partial charge >= 0.3 is 5.97 Å². The van der Waals surface area contributed by atoms with Gasteiger partial charge in [0.2, 0.25) is 12.1 Å². The Bertz CT molecular complexity index is 1610. The SMILES string of the molecule is O=C(O)C[n+]1c(C=C2Sc3ccc(F)cc3N2CCCCS(=O)(=O)[O-])sc2ccc(-c3cccs3)cc21. The number of hydrogen-bond donors (Lipinski definition) is 1. The molecule has 3 heterocycles. The molecule has 37 heavy (non-hydrogen) atoms. The largest absolute Gasteiger partial charge is 0.748 e. The molecular formula is C25H21FN2O5S4. The van der Waals surface area contributed by atoms with Gasteiger partial charge in [-0.1, -0.05) is 35.2 Å². The number of unbranched alkanes of at least 4 members (excludes halogenated alkanes) is 1. The molecule has 0 saturated heterocycles. The van der Waals surface area contributed by atoms with E-state index in [1.54, 1.807) is 22.0 Å². The predicted molar refractivity (Wildman–Crippen MR) is 144 cm³/mol. The average molecular weight is 577 g/mol. The molecule has 0 spiro atoms. The zero-order valence-electron chi connectivity index (χ0n) is 19.3. The van der Waals surface area contributed by atoms with Crippen molar-refractivity contribution in [1.29, 1.82) is 0 Å². The van der Waals surface area contributed by atoms with Crippen LogP contribution in [0.15, 0.2) is 63.8 Å². The van der Waals surface area contributed by atoms with Gasteiger partial charge in [0.15, 0.2) is 0 Å². The van der Waals surface area contributed by atoms with E-state index in [1.807, 2.05) is 46.7 Å². The number of carboxylic acids is 1. The quantitative estimate of drug-likeness (QED) is 0.162. The summed E-state index contributed by atoms with van der Waals surface area (Å²) in [6, 6.07) is 14.5. The molecule has 1 N–H and O–H groups in total. The van der Waals surface area contributed by atoms with E-state index in [-0.39, 0.29) is 13.0 Å². The van der Waals surface area contributed by atoms with E-state index in [2.05, 4.69) is 0 Å². The lowest BCUT2D eigenvalue weighted by molar-refractivity contribution is -0.657. The van der Waals surface area contributed by atoms with Crippen LogP contribution in [0, 0.1) is 5.82 Å². The molecule has 0 amide bonds. The number of halogens is 1. The Morgan fingerprint density at radius 2 is 2.00 bits per heavy atom. The zero-order chi connectivity index (χ0) is 26.2. The van der Waals surface area contributed by atoms with E-state index in [1.165, 1.54) is 35.2 Å². The number of benzene rings is 2. The van der Waals surface area contributed by atoms with Crippen LogP contribution in [0.3, 0.4) is 0 Å². The summed E-state index contributed by atoms with van der Waals surface area (Å²) in [6.07, 6.45) is 2.50. The van der Waals surface area contributed by atoms with Crippen molar-refractivity contribution in [3.05, 3.63) is 69.8 Å². The highest BCUT2D eigenvalue weighted by Gasteiger charge is 2.29. The molecule has 0 fully saturated rings. The maximum atomic E-state index is 14.1.